The Labute approximate surface area is 787 Å². The maximum Gasteiger partial charge on any atom is 0.354 e. The van der Waals surface area contributed by atoms with E-state index in [-0.39, 0.29) is 37.6 Å². The maximum atomic E-state index is 11.7. The Hall–Kier alpha value is -12.0. The van der Waals surface area contributed by atoms with Crippen LogP contribution in [0.4, 0.5) is 0 Å². The SMILES string of the molecule is CCCC1(CCC)c2cc(-c3ccc(-c4c[c-]c(-c5ccc(-c6ccc(-c7ccc8c(c7)C(CCC)(CCC)c7cc(-c9ccc(-c%10ccc(OCCCCCCCCOC(=O)/C=C/C(=O)CO)cc%10)s9)ccc7-8)cc6)cn5)cc4)cc3)ccc2-c2ccc(-c3ccc(-c4ccc(OCCCCCCCCOC(=O)/C=C/C(=O)OC)cc4)s3)cc21.O=C(O)c1ccccn1.[Pt]. The van der Waals surface area contributed by atoms with Gasteiger partial charge < -0.3 is 38.9 Å². The molecule has 0 spiro atoms. The summed E-state index contributed by atoms with van der Waals surface area (Å²) in [6, 6.07) is 92.0. The number of benzene rings is 9. The molecule has 2 aliphatic carbocycles. The second-order valence-electron chi connectivity index (χ2n) is 33.3. The second-order valence-corrected chi connectivity index (χ2v) is 35.4. The predicted molar refractivity (Wildman–Crippen MR) is 522 cm³/mol. The van der Waals surface area contributed by atoms with Gasteiger partial charge in [0, 0.05) is 82.0 Å². The van der Waals surface area contributed by atoms with Crippen molar-refractivity contribution in [3.8, 4) is 131 Å². The van der Waals surface area contributed by atoms with Crippen molar-refractivity contribution in [1.29, 1.82) is 0 Å². The van der Waals surface area contributed by atoms with Gasteiger partial charge in [-0.2, -0.15) is 0 Å². The third-order valence-corrected chi connectivity index (χ3v) is 26.9. The minimum Gasteiger partial charge on any atom is -0.494 e. The quantitative estimate of drug-likeness (QED) is 0.0120. The van der Waals surface area contributed by atoms with Gasteiger partial charge in [0.05, 0.1) is 33.5 Å². The van der Waals surface area contributed by atoms with E-state index in [1.54, 1.807) is 12.1 Å². The van der Waals surface area contributed by atoms with Crippen molar-refractivity contribution in [3.63, 3.8) is 0 Å². The summed E-state index contributed by atoms with van der Waals surface area (Å²) in [7, 11) is 1.27. The van der Waals surface area contributed by atoms with Crippen LogP contribution >= 0.6 is 22.7 Å². The van der Waals surface area contributed by atoms with Gasteiger partial charge in [0.2, 0.25) is 0 Å². The van der Waals surface area contributed by atoms with Crippen molar-refractivity contribution < 1.29 is 78.9 Å². The minimum absolute atomic E-state index is 0. The number of carboxylic acid groups (broad SMARTS) is 1. The first-order valence-electron chi connectivity index (χ1n) is 45.6. The van der Waals surface area contributed by atoms with Gasteiger partial charge >= 0.3 is 23.9 Å². The van der Waals surface area contributed by atoms with E-state index in [1.807, 2.05) is 28.9 Å². The average molecular weight is 1950 g/mol. The molecule has 0 amide bonds. The molecule has 4 heterocycles. The standard InChI is InChI=1S/C107H108NO10S2.C6H5NO2.Pt/c1-6-60-106(61-7-2)94-68-82(38-48-90(94)92-50-40-84(70-96(92)106)101-55-53-99(119-101)80-36-46-89(47-37-80)116-65-19-15-11-13-17-21-67-118-105(113)59-58-103(111)114-5)76-24-22-74(23-25-76)75-30-32-79(33-31-75)98-52-42-86(72-108-98)78-28-26-77(27-29-78)83-39-49-91-93-51-41-85(71-97(93)107(62-8-3,63-9-4)95(91)69-83)102-56-54-100(120-102)81-34-44-88(45-35-81)115-64-18-14-10-12-16-20-66-117-104(112)57-43-87(110)73-109;8-6(9)5-3-1-2-4-7-5;/h22-32,34-59,68-72,109H,6-21,60-67,73H2,1-5H3;1-4H,(H,8,9);/q-1;;/b57-43+,59-58+;;. The molecule has 0 radical (unpaired) electrons. The van der Waals surface area contributed by atoms with Crippen LogP contribution < -0.4 is 9.47 Å². The largest absolute Gasteiger partial charge is 0.494 e. The fourth-order valence-corrected chi connectivity index (χ4v) is 20.2. The number of hydrogen-bond donors (Lipinski definition) is 2. The fourth-order valence-electron chi connectivity index (χ4n) is 18.2. The Kier molecular flexibility index (Phi) is 34.5. The van der Waals surface area contributed by atoms with Crippen LogP contribution in [0.15, 0.2) is 279 Å². The molecule has 9 aromatic carbocycles. The van der Waals surface area contributed by atoms with Gasteiger partial charge in [-0.3, -0.25) is 4.79 Å². The van der Waals surface area contributed by atoms with Gasteiger partial charge in [-0.25, -0.2) is 24.2 Å². The van der Waals surface area contributed by atoms with E-state index in [0.29, 0.717) is 26.4 Å². The number of unbranched alkanes of at least 4 members (excludes halogenated alkanes) is 10. The van der Waals surface area contributed by atoms with Crippen LogP contribution in [0.25, 0.3) is 120 Å². The van der Waals surface area contributed by atoms with Gasteiger partial charge in [-0.05, 0) is 272 Å². The Bertz CT molecular complexity index is 5660. The summed E-state index contributed by atoms with van der Waals surface area (Å²) in [6.45, 7) is 10.7. The van der Waals surface area contributed by atoms with Crippen LogP contribution in [0.1, 0.15) is 189 Å². The van der Waals surface area contributed by atoms with Crippen molar-refractivity contribution in [3.05, 3.63) is 313 Å². The van der Waals surface area contributed by atoms with Crippen molar-refractivity contribution in [2.45, 2.75) is 167 Å². The van der Waals surface area contributed by atoms with Crippen LogP contribution in [0.2, 0.25) is 0 Å². The third kappa shape index (κ3) is 23.8. The van der Waals surface area contributed by atoms with Gasteiger partial charge in [-0.15, -0.1) is 52.5 Å². The summed E-state index contributed by atoms with van der Waals surface area (Å²) in [4.78, 5) is 69.4. The molecule has 2 N–H and O–H groups in total. The summed E-state index contributed by atoms with van der Waals surface area (Å²) in [5, 5.41) is 17.1. The fraction of sp³-hybridized carbons (Fsp3) is 0.283. The second kappa shape index (κ2) is 47.0. The molecule has 0 fully saturated rings. The number of methoxy groups -OCH3 is 1. The van der Waals surface area contributed by atoms with Gasteiger partial charge in [0.1, 0.15) is 23.8 Å². The number of aromatic nitrogens is 2. The molecular weight excluding hydrogens is 1840 g/mol. The number of rotatable bonds is 43. The average Bonchev–Trinajstić information content (AvgIpc) is 1.56. The Morgan fingerprint density at radius 2 is 0.738 bits per heavy atom. The molecule has 0 aliphatic heterocycles. The van der Waals surface area contributed by atoms with E-state index in [9.17, 15) is 24.0 Å². The number of pyridine rings is 2. The van der Waals surface area contributed by atoms with Crippen LogP contribution in [0.5, 0.6) is 11.5 Å². The number of carbonyl (C=O) groups excluding carboxylic acids is 4. The topological polar surface area (TPSA) is 198 Å². The number of aromatic carboxylic acids is 1. The first-order valence-corrected chi connectivity index (χ1v) is 47.3. The zero-order valence-corrected chi connectivity index (χ0v) is 78.6. The van der Waals surface area contributed by atoms with E-state index < -0.39 is 36.3 Å². The smallest absolute Gasteiger partial charge is 0.354 e. The third-order valence-electron chi connectivity index (χ3n) is 24.5. The first-order chi connectivity index (χ1) is 63.1. The number of ether oxygens (including phenoxy) is 5. The number of carboxylic acids is 1. The van der Waals surface area contributed by atoms with Crippen molar-refractivity contribution in [2.75, 3.05) is 40.1 Å². The number of esters is 3. The van der Waals surface area contributed by atoms with Gasteiger partial charge in [0.25, 0.3) is 0 Å². The minimum atomic E-state index is -0.990. The number of aliphatic hydroxyl groups is 1. The van der Waals surface area contributed by atoms with Crippen LogP contribution in [-0.2, 0) is 65.3 Å². The van der Waals surface area contributed by atoms with Gasteiger partial charge in [-0.1, -0.05) is 231 Å². The van der Waals surface area contributed by atoms with Crippen molar-refractivity contribution >= 4 is 52.3 Å². The molecule has 0 bridgehead atoms. The molecule has 670 valence electrons. The molecule has 0 saturated heterocycles. The number of fused-ring (bicyclic) bond motifs is 6. The molecule has 13 aromatic rings. The van der Waals surface area contributed by atoms with Crippen molar-refractivity contribution in [1.82, 2.24) is 9.97 Å². The molecule has 130 heavy (non-hydrogen) atoms. The van der Waals surface area contributed by atoms with Crippen molar-refractivity contribution in [2.24, 2.45) is 0 Å². The Morgan fingerprint density at radius 3 is 1.12 bits per heavy atom. The van der Waals surface area contributed by atoms with E-state index in [4.69, 9.17) is 34.1 Å². The zero-order valence-electron chi connectivity index (χ0n) is 74.7. The molecule has 15 rings (SSSR count). The molecule has 4 aromatic heterocycles. The number of ketones is 1. The van der Waals surface area contributed by atoms with Crippen LogP contribution in [0, 0.1) is 6.07 Å². The van der Waals surface area contributed by atoms with Crippen LogP contribution in [0.3, 0.4) is 0 Å². The van der Waals surface area contributed by atoms with E-state index in [2.05, 4.69) is 268 Å². The zero-order chi connectivity index (χ0) is 89.9. The molecular formula is C113H113N2O12PtS2-. The van der Waals surface area contributed by atoms with Gasteiger partial charge in [0.15, 0.2) is 5.78 Å². The molecule has 14 nitrogen and oxygen atoms in total. The first kappa shape index (κ1) is 95.5. The molecule has 0 atom stereocenters. The molecule has 2 aliphatic rings. The van der Waals surface area contributed by atoms with E-state index in [0.717, 1.165) is 198 Å². The summed E-state index contributed by atoms with van der Waals surface area (Å²) in [5.41, 5.74) is 27.3. The normalized spacial score (nSPS) is 12.4. The Morgan fingerprint density at radius 1 is 0.377 bits per heavy atom. The van der Waals surface area contributed by atoms with E-state index in [1.165, 1.54) is 128 Å². The monoisotopic (exact) mass is 1950 g/mol. The Balaban J connectivity index is 0.00000136. The van der Waals surface area contributed by atoms with Crippen LogP contribution in [-0.4, -0.2) is 90.0 Å². The number of nitrogens with zero attached hydrogens (tertiary/aromatic N) is 2. The molecule has 0 saturated carbocycles. The summed E-state index contributed by atoms with van der Waals surface area (Å²) in [6.07, 6.45) is 28.3. The molecule has 17 heteroatoms. The number of aliphatic hydroxyl groups excluding tert-OH is 1. The summed E-state index contributed by atoms with van der Waals surface area (Å²) >= 11 is 3.69. The molecule has 0 unspecified atom stereocenters. The van der Waals surface area contributed by atoms with E-state index >= 15 is 0 Å². The number of carbonyl (C=O) groups is 5. The predicted octanol–water partition coefficient (Wildman–Crippen LogP) is 27.9. The number of thiophene rings is 2. The summed E-state index contributed by atoms with van der Waals surface area (Å²) in [5.74, 6) is -1.43. The summed E-state index contributed by atoms with van der Waals surface area (Å²) < 4.78 is 27.1. The number of hydrogen-bond acceptors (Lipinski definition) is 15. The maximum absolute atomic E-state index is 11.7.